The zero-order valence-corrected chi connectivity index (χ0v) is 22.6. The van der Waals surface area contributed by atoms with Crippen molar-refractivity contribution < 1.29 is 14.5 Å². The molecule has 1 N–H and O–H groups in total. The SMILES string of the molecule is CC1=C(C(=O)OC/C=C/c2cccc(Cn3ccnc3)n2)C(c2cccc([N+](=O)[O-])c2)C(c2cccnc2)=C(C)N1. The monoisotopic (exact) mass is 548 g/mol. The van der Waals surface area contributed by atoms with Crippen LogP contribution >= 0.6 is 0 Å². The maximum atomic E-state index is 13.6. The van der Waals surface area contributed by atoms with Crippen LogP contribution < -0.4 is 5.32 Å². The van der Waals surface area contributed by atoms with Gasteiger partial charge in [0, 0.05) is 54.2 Å². The molecule has 10 heteroatoms. The van der Waals surface area contributed by atoms with Crippen LogP contribution in [0.5, 0.6) is 0 Å². The van der Waals surface area contributed by atoms with Crippen LogP contribution in [0, 0.1) is 10.1 Å². The molecule has 41 heavy (non-hydrogen) atoms. The van der Waals surface area contributed by atoms with Gasteiger partial charge in [-0.05, 0) is 60.9 Å². The highest BCUT2D eigenvalue weighted by atomic mass is 16.6. The van der Waals surface area contributed by atoms with Crippen molar-refractivity contribution >= 4 is 23.3 Å². The molecule has 10 nitrogen and oxygen atoms in total. The Balaban J connectivity index is 1.38. The van der Waals surface area contributed by atoms with Crippen molar-refractivity contribution in [3.63, 3.8) is 0 Å². The van der Waals surface area contributed by atoms with Crippen LogP contribution in [-0.4, -0.2) is 37.0 Å². The molecule has 1 aromatic carbocycles. The number of dihydropyridines is 1. The van der Waals surface area contributed by atoms with Crippen molar-refractivity contribution in [2.45, 2.75) is 26.3 Å². The summed E-state index contributed by atoms with van der Waals surface area (Å²) in [7, 11) is 0. The quantitative estimate of drug-likeness (QED) is 0.170. The predicted molar refractivity (Wildman–Crippen MR) is 154 cm³/mol. The molecule has 0 spiro atoms. The second-order valence-electron chi connectivity index (χ2n) is 9.52. The molecule has 4 aromatic rings. The summed E-state index contributed by atoms with van der Waals surface area (Å²) in [6, 6.07) is 15.8. The molecule has 1 aliphatic heterocycles. The van der Waals surface area contributed by atoms with Crippen LogP contribution in [-0.2, 0) is 16.1 Å². The third kappa shape index (κ3) is 6.27. The summed E-state index contributed by atoms with van der Waals surface area (Å²) in [6.45, 7) is 4.34. The van der Waals surface area contributed by atoms with Gasteiger partial charge < -0.3 is 14.6 Å². The molecule has 0 amide bonds. The number of nitrogens with zero attached hydrogens (tertiary/aromatic N) is 5. The fourth-order valence-electron chi connectivity index (χ4n) is 4.94. The van der Waals surface area contributed by atoms with Gasteiger partial charge in [0.15, 0.2) is 0 Å². The summed E-state index contributed by atoms with van der Waals surface area (Å²) in [5, 5.41) is 14.9. The van der Waals surface area contributed by atoms with E-state index in [1.165, 1.54) is 12.1 Å². The Hall–Kier alpha value is -5.38. The first-order valence-corrected chi connectivity index (χ1v) is 13.0. The van der Waals surface area contributed by atoms with E-state index in [0.29, 0.717) is 23.4 Å². The summed E-state index contributed by atoms with van der Waals surface area (Å²) in [5.41, 5.74) is 5.59. The number of carbonyl (C=O) groups excluding carboxylic acids is 1. The molecule has 206 valence electrons. The first kappa shape index (κ1) is 27.2. The molecule has 3 aromatic heterocycles. The molecule has 1 aliphatic rings. The number of nitrogens with one attached hydrogen (secondary N) is 1. The second kappa shape index (κ2) is 12.2. The molecule has 0 fully saturated rings. The maximum Gasteiger partial charge on any atom is 0.337 e. The second-order valence-corrected chi connectivity index (χ2v) is 9.52. The van der Waals surface area contributed by atoms with Gasteiger partial charge in [-0.1, -0.05) is 24.3 Å². The minimum atomic E-state index is -0.599. The molecule has 1 atom stereocenters. The standard InChI is InChI=1S/C31H28N6O4/c1-21-28(24-8-5-13-32-18-24)30(23-7-3-12-27(17-23)37(39)40)29(22(2)34-21)31(38)41-16-6-11-25-9-4-10-26(35-25)19-36-15-14-33-20-36/h3-15,17-18,20,30,34H,16,19H2,1-2H3/b11-6+. The van der Waals surface area contributed by atoms with Crippen molar-refractivity contribution in [3.05, 3.63) is 141 Å². The lowest BCUT2D eigenvalue weighted by molar-refractivity contribution is -0.384. The number of hydrogen-bond donors (Lipinski definition) is 1. The highest BCUT2D eigenvalue weighted by Gasteiger charge is 2.35. The largest absolute Gasteiger partial charge is 0.458 e. The van der Waals surface area contributed by atoms with E-state index in [2.05, 4.69) is 20.3 Å². The molecule has 0 saturated heterocycles. The lowest BCUT2D eigenvalue weighted by Crippen LogP contribution is -2.28. The number of hydrogen-bond acceptors (Lipinski definition) is 8. The van der Waals surface area contributed by atoms with Crippen LogP contribution in [0.3, 0.4) is 0 Å². The number of rotatable bonds is 9. The van der Waals surface area contributed by atoms with Gasteiger partial charge in [-0.15, -0.1) is 0 Å². The fraction of sp³-hybridized carbons (Fsp3) is 0.161. The van der Waals surface area contributed by atoms with Crippen LogP contribution in [0.25, 0.3) is 11.6 Å². The molecule has 4 heterocycles. The fourth-order valence-corrected chi connectivity index (χ4v) is 4.94. The average molecular weight is 549 g/mol. The van der Waals surface area contributed by atoms with Gasteiger partial charge >= 0.3 is 5.97 Å². The van der Waals surface area contributed by atoms with Gasteiger partial charge in [0.2, 0.25) is 0 Å². The summed E-state index contributed by atoms with van der Waals surface area (Å²) in [5.74, 6) is -1.12. The Bertz CT molecular complexity index is 1660. The van der Waals surface area contributed by atoms with E-state index in [-0.39, 0.29) is 12.3 Å². The zero-order chi connectivity index (χ0) is 28.8. The van der Waals surface area contributed by atoms with Crippen molar-refractivity contribution in [2.75, 3.05) is 6.61 Å². The minimum Gasteiger partial charge on any atom is -0.458 e. The number of benzene rings is 1. The zero-order valence-electron chi connectivity index (χ0n) is 22.6. The Morgan fingerprint density at radius 3 is 2.71 bits per heavy atom. The highest BCUT2D eigenvalue weighted by Crippen LogP contribution is 2.44. The lowest BCUT2D eigenvalue weighted by Gasteiger charge is -2.31. The molecule has 0 radical (unpaired) electrons. The molecular formula is C31H28N6O4. The van der Waals surface area contributed by atoms with Crippen LogP contribution in [0.1, 0.15) is 42.3 Å². The molecular weight excluding hydrogens is 520 g/mol. The third-order valence-electron chi connectivity index (χ3n) is 6.70. The van der Waals surface area contributed by atoms with Gasteiger partial charge in [-0.3, -0.25) is 20.1 Å². The van der Waals surface area contributed by atoms with E-state index in [4.69, 9.17) is 4.74 Å². The Morgan fingerprint density at radius 2 is 1.95 bits per heavy atom. The van der Waals surface area contributed by atoms with Gasteiger partial charge in [0.25, 0.3) is 5.69 Å². The van der Waals surface area contributed by atoms with Crippen LogP contribution in [0.15, 0.2) is 109 Å². The number of esters is 1. The summed E-state index contributed by atoms with van der Waals surface area (Å²) < 4.78 is 7.63. The smallest absolute Gasteiger partial charge is 0.337 e. The number of allylic oxidation sites excluding steroid dienone is 3. The average Bonchev–Trinajstić information content (AvgIpc) is 3.48. The summed E-state index contributed by atoms with van der Waals surface area (Å²) in [4.78, 5) is 37.7. The minimum absolute atomic E-state index is 0.0234. The van der Waals surface area contributed by atoms with E-state index in [0.717, 1.165) is 28.2 Å². The Kier molecular flexibility index (Phi) is 8.10. The van der Waals surface area contributed by atoms with E-state index in [1.54, 1.807) is 56.1 Å². The molecule has 5 rings (SSSR count). The number of pyridine rings is 2. The van der Waals surface area contributed by atoms with E-state index < -0.39 is 16.8 Å². The van der Waals surface area contributed by atoms with E-state index in [1.807, 2.05) is 48.0 Å². The van der Waals surface area contributed by atoms with Crippen LogP contribution in [0.4, 0.5) is 5.69 Å². The maximum absolute atomic E-state index is 13.6. The summed E-state index contributed by atoms with van der Waals surface area (Å²) in [6.07, 6.45) is 12.2. The van der Waals surface area contributed by atoms with Crippen molar-refractivity contribution in [1.82, 2.24) is 24.8 Å². The number of aromatic nitrogens is 4. The van der Waals surface area contributed by atoms with Gasteiger partial charge in [0.1, 0.15) is 6.61 Å². The van der Waals surface area contributed by atoms with Gasteiger partial charge in [-0.25, -0.2) is 9.78 Å². The molecule has 0 aliphatic carbocycles. The third-order valence-corrected chi connectivity index (χ3v) is 6.70. The number of ether oxygens (including phenoxy) is 1. The lowest BCUT2D eigenvalue weighted by atomic mass is 9.78. The van der Waals surface area contributed by atoms with E-state index >= 15 is 0 Å². The number of nitro groups is 1. The van der Waals surface area contributed by atoms with Crippen molar-refractivity contribution in [3.8, 4) is 0 Å². The first-order valence-electron chi connectivity index (χ1n) is 13.0. The topological polar surface area (TPSA) is 125 Å². The van der Waals surface area contributed by atoms with Crippen molar-refractivity contribution in [1.29, 1.82) is 0 Å². The Labute approximate surface area is 236 Å². The first-order chi connectivity index (χ1) is 19.9. The molecule has 0 saturated carbocycles. The number of imidazole rings is 1. The summed E-state index contributed by atoms with van der Waals surface area (Å²) >= 11 is 0. The van der Waals surface area contributed by atoms with Crippen LogP contribution in [0.2, 0.25) is 0 Å². The molecule has 0 bridgehead atoms. The van der Waals surface area contributed by atoms with Gasteiger partial charge in [0.05, 0.1) is 34.8 Å². The predicted octanol–water partition coefficient (Wildman–Crippen LogP) is 5.28. The number of non-ortho nitro benzene ring substituents is 1. The molecule has 1 unspecified atom stereocenters. The Morgan fingerprint density at radius 1 is 1.10 bits per heavy atom. The van der Waals surface area contributed by atoms with E-state index in [9.17, 15) is 14.9 Å². The normalized spacial score (nSPS) is 15.2. The number of nitro benzene ring substituents is 1. The number of carbonyl (C=O) groups is 1. The van der Waals surface area contributed by atoms with Crippen molar-refractivity contribution in [2.24, 2.45) is 0 Å². The highest BCUT2D eigenvalue weighted by molar-refractivity contribution is 5.97. The van der Waals surface area contributed by atoms with Gasteiger partial charge in [-0.2, -0.15) is 0 Å².